The van der Waals surface area contributed by atoms with Gasteiger partial charge in [-0.2, -0.15) is 0 Å². The Morgan fingerprint density at radius 3 is 2.47 bits per heavy atom. The van der Waals surface area contributed by atoms with Crippen LogP contribution in [0.1, 0.15) is 52.4 Å². The normalized spacial score (nSPS) is 49.1. The lowest BCUT2D eigenvalue weighted by molar-refractivity contribution is 0.0602. The Hall–Kier alpha value is -0.570. The van der Waals surface area contributed by atoms with Gasteiger partial charge in [0, 0.05) is 18.0 Å². The molecule has 0 spiro atoms. The van der Waals surface area contributed by atoms with E-state index in [1.807, 2.05) is 0 Å². The van der Waals surface area contributed by atoms with Crippen molar-refractivity contribution in [2.75, 3.05) is 0 Å². The molecule has 1 saturated heterocycles. The van der Waals surface area contributed by atoms with Crippen LogP contribution in [0, 0.1) is 11.8 Å². The van der Waals surface area contributed by atoms with Gasteiger partial charge in [-0.1, -0.05) is 11.6 Å². The quantitative estimate of drug-likeness (QED) is 0.561. The molecule has 2 saturated carbocycles. The summed E-state index contributed by atoms with van der Waals surface area (Å²) in [5.74, 6) is 1.34. The average Bonchev–Trinajstić information content (AvgIpc) is 2.89. The van der Waals surface area contributed by atoms with Crippen LogP contribution in [0.15, 0.2) is 5.16 Å². The van der Waals surface area contributed by atoms with Gasteiger partial charge in [-0.05, 0) is 51.9 Å². The first-order valence-corrected chi connectivity index (χ1v) is 7.21. The van der Waals surface area contributed by atoms with Crippen molar-refractivity contribution in [2.45, 2.75) is 70.5 Å². The molecule has 0 aromatic heterocycles. The molecule has 1 aliphatic heterocycles. The van der Waals surface area contributed by atoms with Crippen LogP contribution in [0.25, 0.3) is 0 Å². The number of hydrogen-bond acceptors (Lipinski definition) is 3. The Morgan fingerprint density at radius 2 is 1.82 bits per heavy atom. The lowest BCUT2D eigenvalue weighted by atomic mass is 9.86. The summed E-state index contributed by atoms with van der Waals surface area (Å²) in [5.41, 5.74) is 1.10. The molecule has 5 atom stereocenters. The zero-order chi connectivity index (χ0) is 12.0. The van der Waals surface area contributed by atoms with Crippen LogP contribution in [-0.2, 0) is 0 Å². The van der Waals surface area contributed by atoms with Crippen LogP contribution >= 0.6 is 0 Å². The van der Waals surface area contributed by atoms with Gasteiger partial charge in [0.05, 0.1) is 11.8 Å². The maximum atomic E-state index is 9.32. The first-order valence-electron chi connectivity index (χ1n) is 7.21. The zero-order valence-corrected chi connectivity index (χ0v) is 11.0. The highest BCUT2D eigenvalue weighted by Gasteiger charge is 2.50. The Morgan fingerprint density at radius 1 is 1.12 bits per heavy atom. The summed E-state index contributed by atoms with van der Waals surface area (Å²) < 4.78 is 0. The second kappa shape index (κ2) is 4.27. The minimum Gasteiger partial charge on any atom is -0.411 e. The van der Waals surface area contributed by atoms with Crippen molar-refractivity contribution in [1.82, 2.24) is 4.90 Å². The molecule has 96 valence electrons. The zero-order valence-electron chi connectivity index (χ0n) is 11.0. The van der Waals surface area contributed by atoms with Crippen molar-refractivity contribution < 1.29 is 5.21 Å². The Kier molecular flexibility index (Phi) is 2.89. The largest absolute Gasteiger partial charge is 0.411 e. The minimum atomic E-state index is 0.448. The van der Waals surface area contributed by atoms with Crippen molar-refractivity contribution in [2.24, 2.45) is 17.0 Å². The Balaban J connectivity index is 1.87. The van der Waals surface area contributed by atoms with E-state index in [-0.39, 0.29) is 0 Å². The molecule has 2 aliphatic carbocycles. The monoisotopic (exact) mass is 236 g/mol. The smallest absolute Gasteiger partial charge is 0.0775 e. The fourth-order valence-corrected chi connectivity index (χ4v) is 4.58. The molecule has 3 nitrogen and oxygen atoms in total. The topological polar surface area (TPSA) is 35.8 Å². The summed E-state index contributed by atoms with van der Waals surface area (Å²) in [4.78, 5) is 2.66. The molecule has 3 aliphatic rings. The van der Waals surface area contributed by atoms with Gasteiger partial charge in [0.2, 0.25) is 0 Å². The molecule has 1 heterocycles. The highest BCUT2D eigenvalue weighted by Crippen LogP contribution is 2.47. The molecule has 0 aromatic carbocycles. The SMILES string of the molecule is C[C@@H]1CCC[C@H](C)N1[C@H]1/C(=N\O)[C@H]2CC[C@@H]1C2. The van der Waals surface area contributed by atoms with Gasteiger partial charge in [0.25, 0.3) is 0 Å². The molecule has 0 amide bonds. The maximum absolute atomic E-state index is 9.32. The first-order chi connectivity index (χ1) is 8.22. The lowest BCUT2D eigenvalue weighted by Crippen LogP contribution is -2.55. The van der Waals surface area contributed by atoms with Gasteiger partial charge in [-0.15, -0.1) is 0 Å². The molecule has 3 fully saturated rings. The summed E-state index contributed by atoms with van der Waals surface area (Å²) in [5, 5.41) is 13.0. The molecule has 0 radical (unpaired) electrons. The summed E-state index contributed by atoms with van der Waals surface area (Å²) in [6.07, 6.45) is 7.81. The van der Waals surface area contributed by atoms with Crippen LogP contribution < -0.4 is 0 Å². The van der Waals surface area contributed by atoms with Crippen LogP contribution in [0.3, 0.4) is 0 Å². The van der Waals surface area contributed by atoms with Gasteiger partial charge in [-0.3, -0.25) is 4.90 Å². The molecule has 2 bridgehead atoms. The number of oxime groups is 1. The summed E-state index contributed by atoms with van der Waals surface area (Å²) in [7, 11) is 0. The van der Waals surface area contributed by atoms with Gasteiger partial charge in [0.1, 0.15) is 0 Å². The van der Waals surface area contributed by atoms with Crippen molar-refractivity contribution in [3.63, 3.8) is 0 Å². The van der Waals surface area contributed by atoms with Crippen LogP contribution in [0.2, 0.25) is 0 Å². The second-order valence-electron chi connectivity index (χ2n) is 6.32. The molecule has 17 heavy (non-hydrogen) atoms. The van der Waals surface area contributed by atoms with Gasteiger partial charge in [-0.25, -0.2) is 0 Å². The van der Waals surface area contributed by atoms with E-state index in [9.17, 15) is 5.21 Å². The summed E-state index contributed by atoms with van der Waals surface area (Å²) >= 11 is 0. The van der Waals surface area contributed by atoms with E-state index in [2.05, 4.69) is 23.9 Å². The number of likely N-dealkylation sites (tertiary alicyclic amines) is 1. The fourth-order valence-electron chi connectivity index (χ4n) is 4.58. The minimum absolute atomic E-state index is 0.448. The van der Waals surface area contributed by atoms with E-state index in [1.165, 1.54) is 38.5 Å². The van der Waals surface area contributed by atoms with Crippen molar-refractivity contribution in [3.8, 4) is 0 Å². The van der Waals surface area contributed by atoms with Gasteiger partial charge in [0.15, 0.2) is 0 Å². The molecule has 0 aromatic rings. The van der Waals surface area contributed by atoms with E-state index in [4.69, 9.17) is 0 Å². The second-order valence-corrected chi connectivity index (χ2v) is 6.32. The number of nitrogens with zero attached hydrogens (tertiary/aromatic N) is 2. The predicted molar refractivity (Wildman–Crippen MR) is 68.5 cm³/mol. The Labute approximate surface area is 104 Å². The van der Waals surface area contributed by atoms with Crippen LogP contribution in [-0.4, -0.2) is 33.9 Å². The maximum Gasteiger partial charge on any atom is 0.0775 e. The standard InChI is InChI=1S/C14H24N2O/c1-9-4-3-5-10(2)16(9)14-12-7-6-11(8-12)13(14)15-17/h9-12,14,17H,3-8H2,1-2H3/b15-13-/t9-,10+,11-,12+,14+/m0/s1. The van der Waals surface area contributed by atoms with Crippen LogP contribution in [0.4, 0.5) is 0 Å². The third kappa shape index (κ3) is 1.70. The number of fused-ring (bicyclic) bond motifs is 2. The number of rotatable bonds is 1. The molecular formula is C14H24N2O. The number of piperidine rings is 1. The van der Waals surface area contributed by atoms with E-state index in [1.54, 1.807) is 0 Å². The average molecular weight is 236 g/mol. The molecule has 0 unspecified atom stereocenters. The van der Waals surface area contributed by atoms with E-state index in [0.29, 0.717) is 24.0 Å². The van der Waals surface area contributed by atoms with E-state index in [0.717, 1.165) is 11.6 Å². The Bertz CT molecular complexity index is 318. The third-order valence-corrected chi connectivity index (χ3v) is 5.34. The van der Waals surface area contributed by atoms with Crippen molar-refractivity contribution in [3.05, 3.63) is 0 Å². The predicted octanol–water partition coefficient (Wildman–Crippen LogP) is 2.88. The van der Waals surface area contributed by atoms with E-state index < -0.39 is 0 Å². The third-order valence-electron chi connectivity index (χ3n) is 5.34. The number of hydrogen-bond donors (Lipinski definition) is 1. The highest BCUT2D eigenvalue weighted by molar-refractivity contribution is 5.94. The lowest BCUT2D eigenvalue weighted by Gasteiger charge is -2.45. The highest BCUT2D eigenvalue weighted by atomic mass is 16.4. The van der Waals surface area contributed by atoms with Gasteiger partial charge >= 0.3 is 0 Å². The van der Waals surface area contributed by atoms with E-state index >= 15 is 0 Å². The van der Waals surface area contributed by atoms with Crippen molar-refractivity contribution >= 4 is 5.71 Å². The fraction of sp³-hybridized carbons (Fsp3) is 0.929. The van der Waals surface area contributed by atoms with Gasteiger partial charge < -0.3 is 5.21 Å². The first kappa shape index (κ1) is 11.5. The summed E-state index contributed by atoms with van der Waals surface area (Å²) in [6.45, 7) is 4.69. The molecule has 3 heteroatoms. The molecule has 1 N–H and O–H groups in total. The molecular weight excluding hydrogens is 212 g/mol. The summed E-state index contributed by atoms with van der Waals surface area (Å²) in [6, 6.07) is 1.75. The van der Waals surface area contributed by atoms with Crippen LogP contribution in [0.5, 0.6) is 0 Å². The van der Waals surface area contributed by atoms with Crippen molar-refractivity contribution in [1.29, 1.82) is 0 Å². The molecule has 3 rings (SSSR count).